The van der Waals surface area contributed by atoms with Crippen molar-refractivity contribution in [1.82, 2.24) is 19.5 Å². The van der Waals surface area contributed by atoms with Gasteiger partial charge in [-0.25, -0.2) is 15.0 Å². The van der Waals surface area contributed by atoms with Crippen LogP contribution in [-0.2, 0) is 0 Å². The van der Waals surface area contributed by atoms with Gasteiger partial charge in [-0.2, -0.15) is 0 Å². The Balaban J connectivity index is 1.07. The van der Waals surface area contributed by atoms with Crippen molar-refractivity contribution in [3.8, 4) is 39.9 Å². The minimum absolute atomic E-state index is 0.497. The van der Waals surface area contributed by atoms with Crippen LogP contribution in [0.25, 0.3) is 138 Å². The summed E-state index contributed by atoms with van der Waals surface area (Å²) < 4.78 is 21.6. The Hall–Kier alpha value is -8.55. The van der Waals surface area contributed by atoms with Crippen molar-refractivity contribution in [2.45, 2.75) is 0 Å². The average molecular weight is 795 g/mol. The molecule has 0 aliphatic carbocycles. The predicted octanol–water partition coefficient (Wildman–Crippen LogP) is 14.8. The van der Waals surface area contributed by atoms with E-state index in [2.05, 4.69) is 114 Å². The van der Waals surface area contributed by atoms with Gasteiger partial charge in [-0.3, -0.25) is 0 Å². The van der Waals surface area contributed by atoms with Crippen LogP contribution in [0.15, 0.2) is 195 Å². The van der Waals surface area contributed by atoms with Gasteiger partial charge >= 0.3 is 0 Å². The quantitative estimate of drug-likeness (QED) is 0.176. The summed E-state index contributed by atoms with van der Waals surface area (Å²) in [5.41, 5.74) is 10.4. The molecule has 7 heteroatoms. The van der Waals surface area contributed by atoms with Crippen LogP contribution in [0, 0.1) is 0 Å². The summed E-state index contributed by atoms with van der Waals surface area (Å²) in [7, 11) is 0. The SMILES string of the molecule is c1ccc2cc3c(cc2c1)c1ccccc1n3-c1cc(-c2nc(-c3ccc4oc5ccccc5c4c3)nc(-c3ccc4oc5ccccc5c4c3)n2)c2oc3ccccc3c2c1. The summed E-state index contributed by atoms with van der Waals surface area (Å²) in [4.78, 5) is 15.9. The smallest absolute Gasteiger partial charge is 0.167 e. The van der Waals surface area contributed by atoms with Crippen LogP contribution < -0.4 is 0 Å². The van der Waals surface area contributed by atoms with E-state index in [0.29, 0.717) is 23.1 Å². The highest BCUT2D eigenvalue weighted by Crippen LogP contribution is 2.42. The molecular formula is C55H30N4O3. The first-order valence-corrected chi connectivity index (χ1v) is 20.7. The molecule has 0 aliphatic rings. The zero-order chi connectivity index (χ0) is 40.5. The summed E-state index contributed by atoms with van der Waals surface area (Å²) in [6.07, 6.45) is 0. The van der Waals surface area contributed by atoms with Gasteiger partial charge in [0.1, 0.15) is 33.5 Å². The van der Waals surface area contributed by atoms with Crippen LogP contribution in [0.3, 0.4) is 0 Å². The molecule has 0 atom stereocenters. The molecule has 62 heavy (non-hydrogen) atoms. The number of rotatable bonds is 4. The Kier molecular flexibility index (Phi) is 6.71. The van der Waals surface area contributed by atoms with E-state index in [4.69, 9.17) is 28.2 Å². The van der Waals surface area contributed by atoms with Crippen LogP contribution in [0.2, 0.25) is 0 Å². The summed E-state index contributed by atoms with van der Waals surface area (Å²) in [6.45, 7) is 0. The molecule has 0 bridgehead atoms. The van der Waals surface area contributed by atoms with Crippen molar-refractivity contribution in [3.05, 3.63) is 182 Å². The molecule has 14 rings (SSSR count). The van der Waals surface area contributed by atoms with E-state index in [9.17, 15) is 0 Å². The minimum atomic E-state index is 0.497. The predicted molar refractivity (Wildman–Crippen MR) is 250 cm³/mol. The maximum absolute atomic E-state index is 6.79. The van der Waals surface area contributed by atoms with E-state index in [1.54, 1.807) is 0 Å². The molecule has 14 aromatic rings. The van der Waals surface area contributed by atoms with Gasteiger partial charge in [-0.05, 0) is 95.7 Å². The second kappa shape index (κ2) is 12.5. The van der Waals surface area contributed by atoms with E-state index >= 15 is 0 Å². The average Bonchev–Trinajstić information content (AvgIpc) is 4.09. The first kappa shape index (κ1) is 33.3. The molecule has 0 radical (unpaired) electrons. The highest BCUT2D eigenvalue weighted by molar-refractivity contribution is 6.15. The largest absolute Gasteiger partial charge is 0.456 e. The molecule has 9 aromatic carbocycles. The number of aromatic nitrogens is 4. The number of benzene rings is 9. The van der Waals surface area contributed by atoms with Crippen LogP contribution in [-0.4, -0.2) is 19.5 Å². The van der Waals surface area contributed by atoms with Crippen molar-refractivity contribution in [1.29, 1.82) is 0 Å². The zero-order valence-electron chi connectivity index (χ0n) is 32.8. The maximum Gasteiger partial charge on any atom is 0.167 e. The van der Waals surface area contributed by atoms with Crippen LogP contribution in [0.4, 0.5) is 0 Å². The Labute approximate surface area is 351 Å². The minimum Gasteiger partial charge on any atom is -0.456 e. The van der Waals surface area contributed by atoms with Crippen molar-refractivity contribution in [2.75, 3.05) is 0 Å². The molecule has 0 N–H and O–H groups in total. The lowest BCUT2D eigenvalue weighted by Crippen LogP contribution is -2.01. The molecule has 0 saturated heterocycles. The van der Waals surface area contributed by atoms with Gasteiger partial charge in [-0.1, -0.05) is 97.1 Å². The second-order valence-corrected chi connectivity index (χ2v) is 16.0. The first-order valence-electron chi connectivity index (χ1n) is 20.7. The van der Waals surface area contributed by atoms with Crippen molar-refractivity contribution in [3.63, 3.8) is 0 Å². The van der Waals surface area contributed by atoms with Crippen LogP contribution >= 0.6 is 0 Å². The maximum atomic E-state index is 6.79. The number of hydrogen-bond acceptors (Lipinski definition) is 6. The van der Waals surface area contributed by atoms with Gasteiger partial charge in [-0.15, -0.1) is 0 Å². The zero-order valence-corrected chi connectivity index (χ0v) is 32.8. The summed E-state index contributed by atoms with van der Waals surface area (Å²) in [6, 6.07) is 62.9. The molecule has 0 unspecified atom stereocenters. The Bertz CT molecular complexity index is 4060. The van der Waals surface area contributed by atoms with Gasteiger partial charge < -0.3 is 17.8 Å². The van der Waals surface area contributed by atoms with E-state index < -0.39 is 0 Å². The molecule has 0 aliphatic heterocycles. The molecule has 5 aromatic heterocycles. The first-order chi connectivity index (χ1) is 30.7. The topological polar surface area (TPSA) is 83.0 Å². The normalized spacial score (nSPS) is 12.2. The highest BCUT2D eigenvalue weighted by atomic mass is 16.3. The van der Waals surface area contributed by atoms with Gasteiger partial charge in [0, 0.05) is 59.9 Å². The van der Waals surface area contributed by atoms with Crippen molar-refractivity contribution in [2.24, 2.45) is 0 Å². The molecule has 0 saturated carbocycles. The van der Waals surface area contributed by atoms with Gasteiger partial charge in [0.15, 0.2) is 17.5 Å². The van der Waals surface area contributed by atoms with Gasteiger partial charge in [0.2, 0.25) is 0 Å². The molecular weight excluding hydrogens is 765 g/mol. The highest BCUT2D eigenvalue weighted by Gasteiger charge is 2.23. The van der Waals surface area contributed by atoms with E-state index in [-0.39, 0.29) is 0 Å². The number of furan rings is 3. The number of fused-ring (bicyclic) bond motifs is 13. The molecule has 0 fully saturated rings. The molecule has 288 valence electrons. The van der Waals surface area contributed by atoms with E-state index in [1.807, 2.05) is 72.8 Å². The number of nitrogens with zero attached hydrogens (tertiary/aromatic N) is 4. The monoisotopic (exact) mass is 794 g/mol. The lowest BCUT2D eigenvalue weighted by Gasteiger charge is -2.13. The fourth-order valence-electron chi connectivity index (χ4n) is 9.53. The second-order valence-electron chi connectivity index (χ2n) is 16.0. The molecule has 0 spiro atoms. The van der Waals surface area contributed by atoms with E-state index in [1.165, 1.54) is 21.5 Å². The fourth-order valence-corrected chi connectivity index (χ4v) is 9.53. The van der Waals surface area contributed by atoms with E-state index in [0.717, 1.165) is 93.6 Å². The molecule has 0 amide bonds. The van der Waals surface area contributed by atoms with Gasteiger partial charge in [0.25, 0.3) is 0 Å². The number of para-hydroxylation sites is 4. The Morgan fingerprint density at radius 1 is 0.323 bits per heavy atom. The van der Waals surface area contributed by atoms with Gasteiger partial charge in [0.05, 0.1) is 16.6 Å². The fraction of sp³-hybridized carbons (Fsp3) is 0. The molecule has 5 heterocycles. The molecule has 7 nitrogen and oxygen atoms in total. The Morgan fingerprint density at radius 3 is 1.47 bits per heavy atom. The number of hydrogen-bond donors (Lipinski definition) is 0. The van der Waals surface area contributed by atoms with Crippen molar-refractivity contribution < 1.29 is 13.3 Å². The lowest BCUT2D eigenvalue weighted by molar-refractivity contribution is 0.668. The summed E-state index contributed by atoms with van der Waals surface area (Å²) in [5, 5.41) is 10.8. The third kappa shape index (κ3) is 4.84. The standard InChI is InChI=1S/C55H30N4O3/c1-2-12-32-28-46-40(25-31(32)11-1)36-13-3-7-17-45(36)59(46)35-29-43-39-16-6-10-20-49(39)62-52(43)44(30-35)55-57-53(33-21-23-50-41(26-33)37-14-4-8-18-47(37)60-50)56-54(58-55)34-22-24-51-42(27-34)38-15-5-9-19-48(38)61-51/h1-30H. The Morgan fingerprint density at radius 2 is 0.823 bits per heavy atom. The summed E-state index contributed by atoms with van der Waals surface area (Å²) in [5.74, 6) is 1.57. The third-order valence-corrected chi connectivity index (χ3v) is 12.4. The van der Waals surface area contributed by atoms with Crippen LogP contribution in [0.5, 0.6) is 0 Å². The summed E-state index contributed by atoms with van der Waals surface area (Å²) >= 11 is 0. The van der Waals surface area contributed by atoms with Crippen molar-refractivity contribution >= 4 is 98.4 Å². The van der Waals surface area contributed by atoms with Crippen LogP contribution in [0.1, 0.15) is 0 Å². The lowest BCUT2D eigenvalue weighted by atomic mass is 10.0. The third-order valence-electron chi connectivity index (χ3n) is 12.4.